The van der Waals surface area contributed by atoms with E-state index in [0.717, 1.165) is 24.9 Å². The molecule has 2 aromatic carbocycles. The Bertz CT molecular complexity index is 654. The number of hydrogen-bond acceptors (Lipinski definition) is 2. The molecule has 1 aliphatic carbocycles. The largest absolute Gasteiger partial charge is 0.321 e. The number of allylic oxidation sites excluding steroid dienone is 1. The summed E-state index contributed by atoms with van der Waals surface area (Å²) in [5, 5.41) is 0. The standard InChI is InChI=1S/C19H20N2/c1-2-15-10-12-16(13-11-15)14-20-21-19-9-5-7-17-6-3-4-8-18(17)19/h2-4,6,8-13,20-21H,1,5,7,14H2. The fourth-order valence-electron chi connectivity index (χ4n) is 2.61. The lowest BCUT2D eigenvalue weighted by molar-refractivity contribution is 0.635. The van der Waals surface area contributed by atoms with Crippen LogP contribution in [0.3, 0.4) is 0 Å². The van der Waals surface area contributed by atoms with Crippen molar-refractivity contribution in [2.75, 3.05) is 0 Å². The van der Waals surface area contributed by atoms with E-state index >= 15 is 0 Å². The molecule has 0 saturated carbocycles. The zero-order valence-electron chi connectivity index (χ0n) is 12.1. The minimum absolute atomic E-state index is 0.789. The van der Waals surface area contributed by atoms with E-state index in [1.54, 1.807) is 0 Å². The van der Waals surface area contributed by atoms with Crippen molar-refractivity contribution in [3.63, 3.8) is 0 Å². The van der Waals surface area contributed by atoms with E-state index in [0.29, 0.717) is 0 Å². The number of nitrogens with one attached hydrogen (secondary N) is 2. The number of benzene rings is 2. The van der Waals surface area contributed by atoms with Crippen molar-refractivity contribution in [3.8, 4) is 0 Å². The number of rotatable bonds is 5. The second kappa shape index (κ2) is 6.42. The smallest absolute Gasteiger partial charge is 0.0523 e. The third kappa shape index (κ3) is 3.23. The Balaban J connectivity index is 1.60. The lowest BCUT2D eigenvalue weighted by Gasteiger charge is -2.19. The molecule has 21 heavy (non-hydrogen) atoms. The summed E-state index contributed by atoms with van der Waals surface area (Å²) in [5.74, 6) is 0. The van der Waals surface area contributed by atoms with Gasteiger partial charge in [0, 0.05) is 12.1 Å². The van der Waals surface area contributed by atoms with Crippen LogP contribution in [-0.2, 0) is 13.0 Å². The van der Waals surface area contributed by atoms with Crippen molar-refractivity contribution in [1.82, 2.24) is 10.9 Å². The molecule has 0 saturated heterocycles. The van der Waals surface area contributed by atoms with Gasteiger partial charge in [-0.2, -0.15) is 0 Å². The second-order valence-corrected chi connectivity index (χ2v) is 5.24. The van der Waals surface area contributed by atoms with Crippen LogP contribution in [-0.4, -0.2) is 0 Å². The molecule has 0 spiro atoms. The summed E-state index contributed by atoms with van der Waals surface area (Å²) in [6.07, 6.45) is 6.34. The quantitative estimate of drug-likeness (QED) is 0.809. The third-order valence-electron chi connectivity index (χ3n) is 3.80. The van der Waals surface area contributed by atoms with E-state index in [2.05, 4.69) is 72.0 Å². The van der Waals surface area contributed by atoms with Gasteiger partial charge < -0.3 is 5.43 Å². The maximum atomic E-state index is 3.77. The van der Waals surface area contributed by atoms with Crippen LogP contribution in [0.15, 0.2) is 61.2 Å². The summed E-state index contributed by atoms with van der Waals surface area (Å²) in [5.41, 5.74) is 12.9. The van der Waals surface area contributed by atoms with Crippen molar-refractivity contribution in [3.05, 3.63) is 83.4 Å². The normalized spacial score (nSPS) is 13.2. The van der Waals surface area contributed by atoms with E-state index in [9.17, 15) is 0 Å². The molecule has 0 bridgehead atoms. The van der Waals surface area contributed by atoms with Crippen LogP contribution < -0.4 is 10.9 Å². The maximum Gasteiger partial charge on any atom is 0.0523 e. The molecule has 0 fully saturated rings. The van der Waals surface area contributed by atoms with Gasteiger partial charge in [-0.3, -0.25) is 0 Å². The van der Waals surface area contributed by atoms with E-state index in [4.69, 9.17) is 0 Å². The summed E-state index contributed by atoms with van der Waals surface area (Å²) < 4.78 is 0. The van der Waals surface area contributed by atoms with Crippen LogP contribution in [0.4, 0.5) is 0 Å². The van der Waals surface area contributed by atoms with E-state index in [1.807, 2.05) is 6.08 Å². The Morgan fingerprint density at radius 1 is 1.05 bits per heavy atom. The van der Waals surface area contributed by atoms with E-state index in [-0.39, 0.29) is 0 Å². The first-order chi connectivity index (χ1) is 10.4. The highest BCUT2D eigenvalue weighted by molar-refractivity contribution is 5.68. The second-order valence-electron chi connectivity index (χ2n) is 5.24. The van der Waals surface area contributed by atoms with Crippen LogP contribution in [0, 0.1) is 0 Å². The highest BCUT2D eigenvalue weighted by atomic mass is 15.4. The maximum absolute atomic E-state index is 3.77. The van der Waals surface area contributed by atoms with Gasteiger partial charge in [-0.15, -0.1) is 0 Å². The molecule has 2 N–H and O–H groups in total. The van der Waals surface area contributed by atoms with Crippen LogP contribution in [0.1, 0.15) is 28.7 Å². The third-order valence-corrected chi connectivity index (χ3v) is 3.80. The van der Waals surface area contributed by atoms with Crippen molar-refractivity contribution < 1.29 is 0 Å². The van der Waals surface area contributed by atoms with Crippen LogP contribution in [0.25, 0.3) is 11.8 Å². The van der Waals surface area contributed by atoms with Crippen LogP contribution >= 0.6 is 0 Å². The lowest BCUT2D eigenvalue weighted by atomic mass is 9.95. The number of hydrazine groups is 1. The Hall–Kier alpha value is -2.32. The van der Waals surface area contributed by atoms with Crippen LogP contribution in [0.5, 0.6) is 0 Å². The molecular weight excluding hydrogens is 256 g/mol. The molecule has 1 aliphatic rings. The molecule has 0 amide bonds. The van der Waals surface area contributed by atoms with Gasteiger partial charge in [-0.1, -0.05) is 67.3 Å². The molecule has 2 nitrogen and oxygen atoms in total. The lowest BCUT2D eigenvalue weighted by Crippen LogP contribution is -2.30. The van der Waals surface area contributed by atoms with Gasteiger partial charge in [0.2, 0.25) is 0 Å². The number of aryl methyl sites for hydroxylation is 1. The number of hydrogen-bond donors (Lipinski definition) is 2. The van der Waals surface area contributed by atoms with Gasteiger partial charge in [-0.25, -0.2) is 5.43 Å². The van der Waals surface area contributed by atoms with Crippen molar-refractivity contribution in [2.24, 2.45) is 0 Å². The van der Waals surface area contributed by atoms with Gasteiger partial charge in [0.25, 0.3) is 0 Å². The first kappa shape index (κ1) is 13.7. The SMILES string of the molecule is C=Cc1ccc(CNNC2=CCCc3ccccc32)cc1. The topological polar surface area (TPSA) is 24.1 Å². The Morgan fingerprint density at radius 3 is 2.67 bits per heavy atom. The van der Waals surface area contributed by atoms with Gasteiger partial charge in [0.05, 0.1) is 5.70 Å². The Labute approximate surface area is 126 Å². The average Bonchev–Trinajstić information content (AvgIpc) is 2.56. The minimum Gasteiger partial charge on any atom is -0.321 e. The van der Waals surface area contributed by atoms with Crippen molar-refractivity contribution in [1.29, 1.82) is 0 Å². The Kier molecular flexibility index (Phi) is 4.17. The van der Waals surface area contributed by atoms with Gasteiger partial charge in [-0.05, 0) is 29.5 Å². The first-order valence-corrected chi connectivity index (χ1v) is 7.35. The highest BCUT2D eigenvalue weighted by Crippen LogP contribution is 2.23. The van der Waals surface area contributed by atoms with Gasteiger partial charge in [0.1, 0.15) is 0 Å². The molecule has 0 radical (unpaired) electrons. The fourth-order valence-corrected chi connectivity index (χ4v) is 2.61. The molecule has 2 aromatic rings. The summed E-state index contributed by atoms with van der Waals surface area (Å²) in [7, 11) is 0. The molecule has 3 rings (SSSR count). The van der Waals surface area contributed by atoms with Gasteiger partial charge >= 0.3 is 0 Å². The predicted molar refractivity (Wildman–Crippen MR) is 89.2 cm³/mol. The molecular formula is C19H20N2. The molecule has 0 unspecified atom stereocenters. The summed E-state index contributed by atoms with van der Waals surface area (Å²) in [4.78, 5) is 0. The summed E-state index contributed by atoms with van der Waals surface area (Å²) in [6.45, 7) is 4.56. The zero-order chi connectivity index (χ0) is 14.5. The Morgan fingerprint density at radius 2 is 1.86 bits per heavy atom. The highest BCUT2D eigenvalue weighted by Gasteiger charge is 2.10. The number of fused-ring (bicyclic) bond motifs is 1. The molecule has 0 heterocycles. The monoisotopic (exact) mass is 276 g/mol. The molecule has 106 valence electrons. The molecule has 2 heteroatoms. The summed E-state index contributed by atoms with van der Waals surface area (Å²) >= 11 is 0. The van der Waals surface area contributed by atoms with Crippen molar-refractivity contribution >= 4 is 11.8 Å². The minimum atomic E-state index is 0.789. The van der Waals surface area contributed by atoms with E-state index in [1.165, 1.54) is 22.4 Å². The van der Waals surface area contributed by atoms with Gasteiger partial charge in [0.15, 0.2) is 0 Å². The predicted octanol–water partition coefficient (Wildman–Crippen LogP) is 3.91. The average molecular weight is 276 g/mol. The fraction of sp³-hybridized carbons (Fsp3) is 0.158. The summed E-state index contributed by atoms with van der Waals surface area (Å²) in [6, 6.07) is 17.0. The molecule has 0 aliphatic heterocycles. The van der Waals surface area contributed by atoms with Crippen LogP contribution in [0.2, 0.25) is 0 Å². The molecule has 0 atom stereocenters. The van der Waals surface area contributed by atoms with E-state index < -0.39 is 0 Å². The first-order valence-electron chi connectivity index (χ1n) is 7.35. The van der Waals surface area contributed by atoms with Crippen molar-refractivity contribution in [2.45, 2.75) is 19.4 Å². The molecule has 0 aromatic heterocycles. The zero-order valence-corrected chi connectivity index (χ0v) is 12.1.